The van der Waals surface area contributed by atoms with Gasteiger partial charge in [0.1, 0.15) is 0 Å². The number of rotatable bonds is 6. The molecule has 0 radical (unpaired) electrons. The molecule has 2 amide bonds. The summed E-state index contributed by atoms with van der Waals surface area (Å²) in [6, 6.07) is -0.0287. The Bertz CT molecular complexity index is 333. The maximum absolute atomic E-state index is 11.8. The minimum atomic E-state index is -0.778. The van der Waals surface area contributed by atoms with Crippen LogP contribution in [0.1, 0.15) is 39.0 Å². The molecule has 5 heteroatoms. The van der Waals surface area contributed by atoms with Crippen molar-refractivity contribution in [2.24, 2.45) is 11.3 Å². The van der Waals surface area contributed by atoms with E-state index in [9.17, 15) is 9.59 Å². The Labute approximate surface area is 108 Å². The van der Waals surface area contributed by atoms with Crippen LogP contribution >= 0.6 is 0 Å². The lowest BCUT2D eigenvalue weighted by molar-refractivity contribution is -0.139. The summed E-state index contributed by atoms with van der Waals surface area (Å²) >= 11 is 0. The summed E-state index contributed by atoms with van der Waals surface area (Å²) in [5.41, 5.74) is 0.371. The molecule has 2 rings (SSSR count). The Kier molecular flexibility index (Phi) is 3.78. The number of aliphatic carboxylic acids is 1. The van der Waals surface area contributed by atoms with E-state index >= 15 is 0 Å². The van der Waals surface area contributed by atoms with Crippen LogP contribution in [0, 0.1) is 11.3 Å². The Morgan fingerprint density at radius 3 is 2.56 bits per heavy atom. The smallest absolute Gasteiger partial charge is 0.317 e. The fourth-order valence-corrected chi connectivity index (χ4v) is 2.71. The zero-order valence-corrected chi connectivity index (χ0v) is 10.9. The molecule has 1 saturated heterocycles. The number of carboxylic acids is 1. The SMILES string of the molecule is CCCC1(CNC(=O)N2CC(CC(=O)O)C2)CC1. The summed E-state index contributed by atoms with van der Waals surface area (Å²) in [5, 5.41) is 11.6. The highest BCUT2D eigenvalue weighted by atomic mass is 16.4. The number of hydrogen-bond acceptors (Lipinski definition) is 2. The third-order valence-corrected chi connectivity index (χ3v) is 4.06. The quantitative estimate of drug-likeness (QED) is 0.757. The largest absolute Gasteiger partial charge is 0.481 e. The van der Waals surface area contributed by atoms with Gasteiger partial charge in [-0.05, 0) is 24.7 Å². The topological polar surface area (TPSA) is 69.6 Å². The van der Waals surface area contributed by atoms with E-state index in [1.165, 1.54) is 25.7 Å². The van der Waals surface area contributed by atoms with Crippen LogP contribution in [0.5, 0.6) is 0 Å². The van der Waals surface area contributed by atoms with E-state index in [2.05, 4.69) is 12.2 Å². The second-order valence-corrected chi connectivity index (χ2v) is 5.78. The molecule has 2 N–H and O–H groups in total. The molecule has 1 heterocycles. The third kappa shape index (κ3) is 3.15. The Balaban J connectivity index is 1.64. The Hall–Kier alpha value is -1.26. The van der Waals surface area contributed by atoms with E-state index in [0.29, 0.717) is 18.5 Å². The number of urea groups is 1. The molecule has 0 atom stereocenters. The van der Waals surface area contributed by atoms with Gasteiger partial charge in [-0.15, -0.1) is 0 Å². The first kappa shape index (κ1) is 13.2. The molecule has 1 aliphatic heterocycles. The van der Waals surface area contributed by atoms with Gasteiger partial charge in [-0.1, -0.05) is 13.3 Å². The van der Waals surface area contributed by atoms with Crippen molar-refractivity contribution in [3.05, 3.63) is 0 Å². The van der Waals surface area contributed by atoms with Gasteiger partial charge < -0.3 is 15.3 Å². The summed E-state index contributed by atoms with van der Waals surface area (Å²) in [4.78, 5) is 24.0. The molecule has 0 aromatic carbocycles. The minimum Gasteiger partial charge on any atom is -0.481 e. The number of amides is 2. The molecule has 5 nitrogen and oxygen atoms in total. The van der Waals surface area contributed by atoms with E-state index in [4.69, 9.17) is 5.11 Å². The molecule has 1 aliphatic carbocycles. The monoisotopic (exact) mass is 254 g/mol. The van der Waals surface area contributed by atoms with Crippen molar-refractivity contribution in [2.45, 2.75) is 39.0 Å². The highest BCUT2D eigenvalue weighted by Gasteiger charge is 2.42. The third-order valence-electron chi connectivity index (χ3n) is 4.06. The van der Waals surface area contributed by atoms with Crippen molar-refractivity contribution >= 4 is 12.0 Å². The standard InChI is InChI=1S/C13H22N2O3/c1-2-3-13(4-5-13)9-14-12(18)15-7-10(8-15)6-11(16)17/h10H,2-9H2,1H3,(H,14,18)(H,16,17). The molecular weight excluding hydrogens is 232 g/mol. The first-order valence-corrected chi connectivity index (χ1v) is 6.79. The fraction of sp³-hybridized carbons (Fsp3) is 0.846. The summed E-state index contributed by atoms with van der Waals surface area (Å²) in [7, 11) is 0. The van der Waals surface area contributed by atoms with Crippen molar-refractivity contribution in [3.8, 4) is 0 Å². The summed E-state index contributed by atoms with van der Waals surface area (Å²) in [6.45, 7) is 4.12. The Morgan fingerprint density at radius 1 is 1.39 bits per heavy atom. The lowest BCUT2D eigenvalue weighted by Crippen LogP contribution is -2.54. The number of likely N-dealkylation sites (tertiary alicyclic amines) is 1. The number of carbonyl (C=O) groups excluding carboxylic acids is 1. The van der Waals surface area contributed by atoms with E-state index in [1.54, 1.807) is 4.90 Å². The molecular formula is C13H22N2O3. The molecule has 0 aromatic rings. The Morgan fingerprint density at radius 2 is 2.06 bits per heavy atom. The molecule has 102 valence electrons. The molecule has 2 fully saturated rings. The van der Waals surface area contributed by atoms with Gasteiger partial charge >= 0.3 is 12.0 Å². The molecule has 18 heavy (non-hydrogen) atoms. The van der Waals surface area contributed by atoms with E-state index < -0.39 is 5.97 Å². The van der Waals surface area contributed by atoms with Gasteiger partial charge in [-0.25, -0.2) is 4.79 Å². The number of nitrogens with zero attached hydrogens (tertiary/aromatic N) is 1. The van der Waals surface area contributed by atoms with Crippen LogP contribution < -0.4 is 5.32 Å². The van der Waals surface area contributed by atoms with Crippen molar-refractivity contribution in [2.75, 3.05) is 19.6 Å². The first-order valence-electron chi connectivity index (χ1n) is 6.79. The molecule has 0 bridgehead atoms. The van der Waals surface area contributed by atoms with E-state index in [1.807, 2.05) is 0 Å². The first-order chi connectivity index (χ1) is 8.54. The van der Waals surface area contributed by atoms with Crippen LogP contribution in [-0.4, -0.2) is 41.6 Å². The number of carboxylic acid groups (broad SMARTS) is 1. The molecule has 1 saturated carbocycles. The van der Waals surface area contributed by atoms with Gasteiger partial charge in [0.05, 0.1) is 6.42 Å². The van der Waals surface area contributed by atoms with Crippen LogP contribution in [-0.2, 0) is 4.79 Å². The van der Waals surface area contributed by atoms with E-state index in [-0.39, 0.29) is 18.4 Å². The van der Waals surface area contributed by atoms with Gasteiger partial charge in [0.25, 0.3) is 0 Å². The maximum Gasteiger partial charge on any atom is 0.317 e. The van der Waals surface area contributed by atoms with Crippen LogP contribution in [0.15, 0.2) is 0 Å². The molecule has 0 unspecified atom stereocenters. The van der Waals surface area contributed by atoms with Crippen LogP contribution in [0.3, 0.4) is 0 Å². The second kappa shape index (κ2) is 5.16. The van der Waals surface area contributed by atoms with Crippen molar-refractivity contribution in [1.82, 2.24) is 10.2 Å². The zero-order valence-electron chi connectivity index (χ0n) is 10.9. The normalized spacial score (nSPS) is 21.3. The van der Waals surface area contributed by atoms with Crippen molar-refractivity contribution in [1.29, 1.82) is 0 Å². The summed E-state index contributed by atoms with van der Waals surface area (Å²) < 4.78 is 0. The number of nitrogens with one attached hydrogen (secondary N) is 1. The second-order valence-electron chi connectivity index (χ2n) is 5.78. The maximum atomic E-state index is 11.8. The number of hydrogen-bond donors (Lipinski definition) is 2. The van der Waals surface area contributed by atoms with Gasteiger partial charge in [0.15, 0.2) is 0 Å². The van der Waals surface area contributed by atoms with Crippen LogP contribution in [0.2, 0.25) is 0 Å². The predicted octanol–water partition coefficient (Wildman–Crippen LogP) is 1.68. The average Bonchev–Trinajstić information content (AvgIpc) is 3.00. The van der Waals surface area contributed by atoms with Crippen molar-refractivity contribution in [3.63, 3.8) is 0 Å². The molecule has 0 spiro atoms. The summed E-state index contributed by atoms with van der Waals surface area (Å²) in [6.07, 6.45) is 4.98. The lowest BCUT2D eigenvalue weighted by atomic mass is 9.97. The number of carbonyl (C=O) groups is 2. The minimum absolute atomic E-state index is 0.0287. The summed E-state index contributed by atoms with van der Waals surface area (Å²) in [5.74, 6) is -0.640. The average molecular weight is 254 g/mol. The van der Waals surface area contributed by atoms with Gasteiger partial charge in [0.2, 0.25) is 0 Å². The van der Waals surface area contributed by atoms with E-state index in [0.717, 1.165) is 6.54 Å². The highest BCUT2D eigenvalue weighted by molar-refractivity contribution is 5.75. The van der Waals surface area contributed by atoms with Crippen LogP contribution in [0.4, 0.5) is 4.79 Å². The van der Waals surface area contributed by atoms with Crippen LogP contribution in [0.25, 0.3) is 0 Å². The predicted molar refractivity (Wildman–Crippen MR) is 67.3 cm³/mol. The van der Waals surface area contributed by atoms with Gasteiger partial charge in [0, 0.05) is 25.6 Å². The fourth-order valence-electron chi connectivity index (χ4n) is 2.71. The highest BCUT2D eigenvalue weighted by Crippen LogP contribution is 2.48. The molecule has 0 aromatic heterocycles. The van der Waals surface area contributed by atoms with Gasteiger partial charge in [-0.3, -0.25) is 4.79 Å². The molecule has 2 aliphatic rings. The van der Waals surface area contributed by atoms with Gasteiger partial charge in [-0.2, -0.15) is 0 Å². The van der Waals surface area contributed by atoms with Crippen molar-refractivity contribution < 1.29 is 14.7 Å². The zero-order chi connectivity index (χ0) is 13.2. The lowest BCUT2D eigenvalue weighted by Gasteiger charge is -2.38.